The summed E-state index contributed by atoms with van der Waals surface area (Å²) in [5, 5.41) is 3.12. The van der Waals surface area contributed by atoms with Crippen LogP contribution in [0.25, 0.3) is 0 Å². The van der Waals surface area contributed by atoms with Gasteiger partial charge >= 0.3 is 0 Å². The molecule has 4 heteroatoms. The van der Waals surface area contributed by atoms with Gasteiger partial charge in [0.15, 0.2) is 0 Å². The normalized spacial score (nSPS) is 9.94. The van der Waals surface area contributed by atoms with E-state index in [2.05, 4.69) is 11.2 Å². The molecule has 0 aromatic heterocycles. The molecule has 0 unspecified atom stereocenters. The lowest BCUT2D eigenvalue weighted by molar-refractivity contribution is 0.199. The molecule has 0 amide bonds. The largest absolute Gasteiger partial charge is 0.481 e. The van der Waals surface area contributed by atoms with Crippen molar-refractivity contribution in [1.29, 1.82) is 0 Å². The maximum Gasteiger partial charge on any atom is 0.148 e. The third kappa shape index (κ3) is 4.85. The van der Waals surface area contributed by atoms with Crippen LogP contribution in [0.5, 0.6) is 5.75 Å². The monoisotopic (exact) mass is 237 g/mol. The molecule has 3 nitrogen and oxygen atoms in total. The highest BCUT2D eigenvalue weighted by Gasteiger charge is 2.04. The van der Waals surface area contributed by atoms with E-state index in [1.807, 2.05) is 0 Å². The van der Waals surface area contributed by atoms with Crippen LogP contribution in [0.4, 0.5) is 4.39 Å². The Hall–Kier alpha value is -1.57. The smallest absolute Gasteiger partial charge is 0.148 e. The van der Waals surface area contributed by atoms with Crippen LogP contribution in [0.1, 0.15) is 5.56 Å². The fraction of sp³-hybridized carbons (Fsp3) is 0.385. The first-order valence-corrected chi connectivity index (χ1v) is 5.32. The summed E-state index contributed by atoms with van der Waals surface area (Å²) in [6.45, 7) is 2.00. The van der Waals surface area contributed by atoms with E-state index in [-0.39, 0.29) is 12.4 Å². The third-order valence-corrected chi connectivity index (χ3v) is 2.13. The lowest BCUT2D eigenvalue weighted by atomic mass is 10.2. The van der Waals surface area contributed by atoms with Crippen LogP contribution in [0.15, 0.2) is 18.2 Å². The quantitative estimate of drug-likeness (QED) is 0.577. The van der Waals surface area contributed by atoms with Gasteiger partial charge in [0.05, 0.1) is 6.61 Å². The van der Waals surface area contributed by atoms with E-state index < -0.39 is 0 Å². The molecule has 1 N–H and O–H groups in total. The summed E-state index contributed by atoms with van der Waals surface area (Å²) < 4.78 is 23.3. The van der Waals surface area contributed by atoms with E-state index in [0.29, 0.717) is 25.4 Å². The molecule has 0 aliphatic heterocycles. The Balaban J connectivity index is 2.60. The number of benzene rings is 1. The number of terminal acetylenes is 1. The maximum atomic E-state index is 13.1. The van der Waals surface area contributed by atoms with Crippen molar-refractivity contribution >= 4 is 0 Å². The van der Waals surface area contributed by atoms with E-state index in [4.69, 9.17) is 15.9 Å². The molecule has 0 aliphatic carbocycles. The minimum absolute atomic E-state index is 0.177. The van der Waals surface area contributed by atoms with Crippen molar-refractivity contribution in [3.8, 4) is 18.1 Å². The zero-order valence-corrected chi connectivity index (χ0v) is 9.83. The third-order valence-electron chi connectivity index (χ3n) is 2.13. The summed E-state index contributed by atoms with van der Waals surface area (Å²) >= 11 is 0. The average Bonchev–Trinajstić information content (AvgIpc) is 2.33. The Labute approximate surface area is 101 Å². The van der Waals surface area contributed by atoms with E-state index in [9.17, 15) is 4.39 Å². The Morgan fingerprint density at radius 3 is 3.00 bits per heavy atom. The molecule has 0 bridgehead atoms. The van der Waals surface area contributed by atoms with Gasteiger partial charge in [-0.1, -0.05) is 5.92 Å². The molecule has 1 aromatic rings. The zero-order valence-electron chi connectivity index (χ0n) is 9.83. The average molecular weight is 237 g/mol. The molecule has 0 saturated heterocycles. The van der Waals surface area contributed by atoms with Gasteiger partial charge in [0.1, 0.15) is 18.2 Å². The van der Waals surface area contributed by atoms with Crippen molar-refractivity contribution in [2.24, 2.45) is 0 Å². The van der Waals surface area contributed by atoms with Crippen molar-refractivity contribution in [3.05, 3.63) is 29.6 Å². The Kier molecular flexibility index (Phi) is 6.08. The lowest BCUT2D eigenvalue weighted by Crippen LogP contribution is -2.19. The van der Waals surface area contributed by atoms with Gasteiger partial charge in [-0.05, 0) is 18.2 Å². The van der Waals surface area contributed by atoms with Crippen molar-refractivity contribution in [3.63, 3.8) is 0 Å². The van der Waals surface area contributed by atoms with Crippen molar-refractivity contribution in [2.45, 2.75) is 6.54 Å². The van der Waals surface area contributed by atoms with Crippen LogP contribution in [-0.2, 0) is 11.3 Å². The SMILES string of the molecule is C#CCOc1ccc(F)cc1CNCCOC. The number of rotatable bonds is 7. The summed E-state index contributed by atoms with van der Waals surface area (Å²) in [4.78, 5) is 0. The van der Waals surface area contributed by atoms with Crippen LogP contribution in [0, 0.1) is 18.2 Å². The van der Waals surface area contributed by atoms with Gasteiger partial charge in [0.2, 0.25) is 0 Å². The predicted octanol–water partition coefficient (Wildman–Crippen LogP) is 1.57. The first-order valence-electron chi connectivity index (χ1n) is 5.32. The number of ether oxygens (including phenoxy) is 2. The Morgan fingerprint density at radius 1 is 1.47 bits per heavy atom. The fourth-order valence-corrected chi connectivity index (χ4v) is 1.34. The van der Waals surface area contributed by atoms with Crippen LogP contribution >= 0.6 is 0 Å². The molecule has 0 fully saturated rings. The summed E-state index contributed by atoms with van der Waals surface area (Å²) in [6, 6.07) is 4.37. The Morgan fingerprint density at radius 2 is 2.29 bits per heavy atom. The van der Waals surface area contributed by atoms with E-state index in [1.165, 1.54) is 12.1 Å². The van der Waals surface area contributed by atoms with Gasteiger partial charge in [0.25, 0.3) is 0 Å². The molecule has 17 heavy (non-hydrogen) atoms. The van der Waals surface area contributed by atoms with Gasteiger partial charge in [-0.2, -0.15) is 0 Å². The van der Waals surface area contributed by atoms with Crippen LogP contribution < -0.4 is 10.1 Å². The van der Waals surface area contributed by atoms with Crippen molar-refractivity contribution in [2.75, 3.05) is 26.9 Å². The van der Waals surface area contributed by atoms with E-state index in [1.54, 1.807) is 13.2 Å². The molecular formula is C13H16FNO2. The predicted molar refractivity (Wildman–Crippen MR) is 64.3 cm³/mol. The molecule has 0 saturated carbocycles. The van der Waals surface area contributed by atoms with E-state index in [0.717, 1.165) is 5.56 Å². The maximum absolute atomic E-state index is 13.1. The highest BCUT2D eigenvalue weighted by atomic mass is 19.1. The zero-order chi connectivity index (χ0) is 12.5. The van der Waals surface area contributed by atoms with Gasteiger partial charge < -0.3 is 14.8 Å². The summed E-state index contributed by atoms with van der Waals surface area (Å²) in [6.07, 6.45) is 5.11. The first kappa shape index (κ1) is 13.5. The second-order valence-electron chi connectivity index (χ2n) is 3.41. The topological polar surface area (TPSA) is 30.5 Å². The summed E-state index contributed by atoms with van der Waals surface area (Å²) in [5.74, 6) is 2.69. The number of hydrogen-bond acceptors (Lipinski definition) is 3. The number of halogens is 1. The van der Waals surface area contributed by atoms with Crippen LogP contribution in [0.3, 0.4) is 0 Å². The molecule has 1 aromatic carbocycles. The molecule has 0 heterocycles. The molecule has 0 spiro atoms. The fourth-order valence-electron chi connectivity index (χ4n) is 1.34. The second kappa shape index (κ2) is 7.66. The van der Waals surface area contributed by atoms with Gasteiger partial charge in [-0.15, -0.1) is 6.42 Å². The Bertz CT molecular complexity index is 387. The molecule has 0 radical (unpaired) electrons. The van der Waals surface area contributed by atoms with Crippen molar-refractivity contribution < 1.29 is 13.9 Å². The minimum atomic E-state index is -0.290. The minimum Gasteiger partial charge on any atom is -0.481 e. The molecule has 92 valence electrons. The molecular weight excluding hydrogens is 221 g/mol. The second-order valence-corrected chi connectivity index (χ2v) is 3.41. The van der Waals surface area contributed by atoms with Crippen LogP contribution in [-0.4, -0.2) is 26.9 Å². The van der Waals surface area contributed by atoms with E-state index >= 15 is 0 Å². The summed E-state index contributed by atoms with van der Waals surface area (Å²) in [5.41, 5.74) is 0.747. The van der Waals surface area contributed by atoms with Crippen molar-refractivity contribution in [1.82, 2.24) is 5.32 Å². The molecule has 1 rings (SSSR count). The first-order chi connectivity index (χ1) is 8.27. The number of hydrogen-bond donors (Lipinski definition) is 1. The highest BCUT2D eigenvalue weighted by molar-refractivity contribution is 5.34. The van der Waals surface area contributed by atoms with Gasteiger partial charge in [0, 0.05) is 25.8 Å². The molecule has 0 atom stereocenters. The number of methoxy groups -OCH3 is 1. The molecule has 0 aliphatic rings. The van der Waals surface area contributed by atoms with Gasteiger partial charge in [-0.3, -0.25) is 0 Å². The standard InChI is InChI=1S/C13H16FNO2/c1-3-7-17-13-5-4-12(14)9-11(13)10-15-6-8-16-2/h1,4-5,9,15H,6-8,10H2,2H3. The van der Waals surface area contributed by atoms with Gasteiger partial charge in [-0.25, -0.2) is 4.39 Å². The lowest BCUT2D eigenvalue weighted by Gasteiger charge is -2.10. The number of nitrogens with one attached hydrogen (secondary N) is 1. The highest BCUT2D eigenvalue weighted by Crippen LogP contribution is 2.19. The van der Waals surface area contributed by atoms with Crippen LogP contribution in [0.2, 0.25) is 0 Å². The summed E-state index contributed by atoms with van der Waals surface area (Å²) in [7, 11) is 1.63.